The third kappa shape index (κ3) is 2.46. The molecule has 0 atom stereocenters. The molecule has 0 spiro atoms. The Bertz CT molecular complexity index is 759. The molecule has 0 aliphatic carbocycles. The minimum atomic E-state index is 0.584. The molecule has 0 radical (unpaired) electrons. The number of methoxy groups -OCH3 is 2. The SMILES string of the molecule is COc1cccc(OC)c1-c1nc(-c2ccc(N)cc2)n[nH]1. The van der Waals surface area contributed by atoms with Crippen molar-refractivity contribution < 1.29 is 9.47 Å². The van der Waals surface area contributed by atoms with Gasteiger partial charge in [0.25, 0.3) is 0 Å². The summed E-state index contributed by atoms with van der Waals surface area (Å²) in [6, 6.07) is 12.9. The van der Waals surface area contributed by atoms with E-state index in [1.165, 1.54) is 0 Å². The molecule has 112 valence electrons. The molecule has 6 heteroatoms. The van der Waals surface area contributed by atoms with Crippen LogP contribution in [0.4, 0.5) is 5.69 Å². The van der Waals surface area contributed by atoms with Crippen LogP contribution < -0.4 is 15.2 Å². The van der Waals surface area contributed by atoms with E-state index in [4.69, 9.17) is 15.2 Å². The van der Waals surface area contributed by atoms with Crippen LogP contribution in [0.15, 0.2) is 42.5 Å². The molecule has 6 nitrogen and oxygen atoms in total. The van der Waals surface area contributed by atoms with Crippen LogP contribution in [-0.2, 0) is 0 Å². The first-order valence-corrected chi connectivity index (χ1v) is 6.72. The zero-order chi connectivity index (χ0) is 15.5. The van der Waals surface area contributed by atoms with E-state index in [1.54, 1.807) is 14.2 Å². The molecule has 2 aromatic carbocycles. The van der Waals surface area contributed by atoms with Crippen LogP contribution in [0.3, 0.4) is 0 Å². The van der Waals surface area contributed by atoms with Gasteiger partial charge in [-0.1, -0.05) is 6.07 Å². The third-order valence-corrected chi connectivity index (χ3v) is 3.32. The number of ether oxygens (including phenoxy) is 2. The quantitative estimate of drug-likeness (QED) is 0.723. The fraction of sp³-hybridized carbons (Fsp3) is 0.125. The number of nitrogen functional groups attached to an aromatic ring is 1. The lowest BCUT2D eigenvalue weighted by molar-refractivity contribution is 0.397. The number of nitrogens with zero attached hydrogens (tertiary/aromatic N) is 2. The van der Waals surface area contributed by atoms with Gasteiger partial charge in [0.2, 0.25) is 0 Å². The molecule has 22 heavy (non-hydrogen) atoms. The van der Waals surface area contributed by atoms with Gasteiger partial charge in [-0.3, -0.25) is 5.10 Å². The van der Waals surface area contributed by atoms with E-state index in [0.717, 1.165) is 11.1 Å². The lowest BCUT2D eigenvalue weighted by Gasteiger charge is -2.10. The maximum Gasteiger partial charge on any atom is 0.181 e. The average Bonchev–Trinajstić information content (AvgIpc) is 3.04. The highest BCUT2D eigenvalue weighted by Gasteiger charge is 2.16. The summed E-state index contributed by atoms with van der Waals surface area (Å²) in [5.74, 6) is 2.50. The molecule has 3 aromatic rings. The summed E-state index contributed by atoms with van der Waals surface area (Å²) >= 11 is 0. The maximum atomic E-state index is 5.70. The van der Waals surface area contributed by atoms with Crippen molar-refractivity contribution in [2.75, 3.05) is 20.0 Å². The number of hydrogen-bond donors (Lipinski definition) is 2. The Morgan fingerprint density at radius 1 is 0.955 bits per heavy atom. The number of aromatic nitrogens is 3. The van der Waals surface area contributed by atoms with Crippen LogP contribution in [-0.4, -0.2) is 29.4 Å². The molecule has 0 saturated heterocycles. The minimum absolute atomic E-state index is 0.584. The molecule has 1 heterocycles. The van der Waals surface area contributed by atoms with Gasteiger partial charge in [0.05, 0.1) is 14.2 Å². The molecule has 3 rings (SSSR count). The summed E-state index contributed by atoms with van der Waals surface area (Å²) in [7, 11) is 3.21. The van der Waals surface area contributed by atoms with Crippen LogP contribution in [0.2, 0.25) is 0 Å². The summed E-state index contributed by atoms with van der Waals surface area (Å²) in [5.41, 5.74) is 8.01. The molecule has 0 aliphatic rings. The second-order valence-corrected chi connectivity index (χ2v) is 4.67. The van der Waals surface area contributed by atoms with Gasteiger partial charge in [0, 0.05) is 11.3 Å². The van der Waals surface area contributed by atoms with Crippen molar-refractivity contribution in [3.63, 3.8) is 0 Å². The molecular weight excluding hydrogens is 280 g/mol. The molecule has 0 unspecified atom stereocenters. The zero-order valence-corrected chi connectivity index (χ0v) is 12.3. The number of H-pyrrole nitrogens is 1. The summed E-state index contributed by atoms with van der Waals surface area (Å²) in [4.78, 5) is 4.53. The van der Waals surface area contributed by atoms with Crippen LogP contribution in [0.25, 0.3) is 22.8 Å². The van der Waals surface area contributed by atoms with Crippen molar-refractivity contribution in [2.24, 2.45) is 0 Å². The Balaban J connectivity index is 2.06. The second-order valence-electron chi connectivity index (χ2n) is 4.67. The fourth-order valence-electron chi connectivity index (χ4n) is 2.22. The first kappa shape index (κ1) is 13.9. The van der Waals surface area contributed by atoms with E-state index in [9.17, 15) is 0 Å². The summed E-state index contributed by atoms with van der Waals surface area (Å²) in [5, 5.41) is 7.19. The lowest BCUT2D eigenvalue weighted by atomic mass is 10.1. The van der Waals surface area contributed by atoms with Gasteiger partial charge >= 0.3 is 0 Å². The normalized spacial score (nSPS) is 10.5. The van der Waals surface area contributed by atoms with Crippen molar-refractivity contribution in [3.8, 4) is 34.3 Å². The summed E-state index contributed by atoms with van der Waals surface area (Å²) in [6.45, 7) is 0. The average molecular weight is 296 g/mol. The van der Waals surface area contributed by atoms with E-state index in [-0.39, 0.29) is 0 Å². The van der Waals surface area contributed by atoms with Crippen molar-refractivity contribution in [1.82, 2.24) is 15.2 Å². The topological polar surface area (TPSA) is 86.1 Å². The summed E-state index contributed by atoms with van der Waals surface area (Å²) < 4.78 is 10.8. The molecule has 0 aliphatic heterocycles. The Kier molecular flexibility index (Phi) is 3.65. The van der Waals surface area contributed by atoms with Crippen molar-refractivity contribution in [3.05, 3.63) is 42.5 Å². The lowest BCUT2D eigenvalue weighted by Crippen LogP contribution is -1.94. The monoisotopic (exact) mass is 296 g/mol. The van der Waals surface area contributed by atoms with E-state index in [2.05, 4.69) is 15.2 Å². The number of nitrogens with one attached hydrogen (secondary N) is 1. The van der Waals surface area contributed by atoms with Crippen molar-refractivity contribution >= 4 is 5.69 Å². The van der Waals surface area contributed by atoms with Crippen LogP contribution >= 0.6 is 0 Å². The maximum absolute atomic E-state index is 5.70. The number of nitrogens with two attached hydrogens (primary N) is 1. The minimum Gasteiger partial charge on any atom is -0.496 e. The van der Waals surface area contributed by atoms with Crippen molar-refractivity contribution in [2.45, 2.75) is 0 Å². The Labute approximate surface area is 127 Å². The zero-order valence-electron chi connectivity index (χ0n) is 12.3. The molecule has 3 N–H and O–H groups in total. The smallest absolute Gasteiger partial charge is 0.181 e. The first-order valence-electron chi connectivity index (χ1n) is 6.72. The van der Waals surface area contributed by atoms with Crippen LogP contribution in [0, 0.1) is 0 Å². The van der Waals surface area contributed by atoms with Crippen LogP contribution in [0.1, 0.15) is 0 Å². The van der Waals surface area contributed by atoms with E-state index in [1.807, 2.05) is 42.5 Å². The molecule has 0 saturated carbocycles. The molecule has 0 amide bonds. The number of hydrogen-bond acceptors (Lipinski definition) is 5. The molecular formula is C16H16N4O2. The Morgan fingerprint density at radius 2 is 1.59 bits per heavy atom. The third-order valence-electron chi connectivity index (χ3n) is 3.32. The highest BCUT2D eigenvalue weighted by Crippen LogP contribution is 2.36. The molecule has 0 bridgehead atoms. The van der Waals surface area contributed by atoms with Gasteiger partial charge in [0.1, 0.15) is 17.1 Å². The summed E-state index contributed by atoms with van der Waals surface area (Å²) in [6.07, 6.45) is 0. The number of aromatic amines is 1. The van der Waals surface area contributed by atoms with Gasteiger partial charge in [-0.15, -0.1) is 0 Å². The molecule has 0 fully saturated rings. The van der Waals surface area contributed by atoms with Gasteiger partial charge in [0.15, 0.2) is 11.6 Å². The van der Waals surface area contributed by atoms with E-state index < -0.39 is 0 Å². The highest BCUT2D eigenvalue weighted by atomic mass is 16.5. The second kappa shape index (κ2) is 5.77. The van der Waals surface area contributed by atoms with Gasteiger partial charge in [-0.2, -0.15) is 5.10 Å². The van der Waals surface area contributed by atoms with Gasteiger partial charge in [-0.05, 0) is 36.4 Å². The first-order chi connectivity index (χ1) is 10.7. The van der Waals surface area contributed by atoms with E-state index in [0.29, 0.717) is 28.8 Å². The standard InChI is InChI=1S/C16H16N4O2/c1-21-12-4-3-5-13(22-2)14(12)16-18-15(19-20-16)10-6-8-11(17)9-7-10/h3-9H,17H2,1-2H3,(H,18,19,20). The largest absolute Gasteiger partial charge is 0.496 e. The Morgan fingerprint density at radius 3 is 2.18 bits per heavy atom. The number of benzene rings is 2. The predicted molar refractivity (Wildman–Crippen MR) is 84.8 cm³/mol. The highest BCUT2D eigenvalue weighted by molar-refractivity contribution is 5.73. The fourth-order valence-corrected chi connectivity index (χ4v) is 2.22. The predicted octanol–water partition coefficient (Wildman–Crippen LogP) is 2.74. The Hall–Kier alpha value is -3.02. The van der Waals surface area contributed by atoms with E-state index >= 15 is 0 Å². The number of anilines is 1. The van der Waals surface area contributed by atoms with Crippen LogP contribution in [0.5, 0.6) is 11.5 Å². The number of rotatable bonds is 4. The molecule has 1 aromatic heterocycles. The van der Waals surface area contributed by atoms with Gasteiger partial charge in [-0.25, -0.2) is 4.98 Å². The van der Waals surface area contributed by atoms with Crippen molar-refractivity contribution in [1.29, 1.82) is 0 Å². The van der Waals surface area contributed by atoms with Gasteiger partial charge < -0.3 is 15.2 Å².